The molecule has 8 nitrogen and oxygen atoms in total. The molecule has 2 unspecified atom stereocenters. The van der Waals surface area contributed by atoms with Crippen LogP contribution in [0, 0.1) is 5.92 Å². The summed E-state index contributed by atoms with van der Waals surface area (Å²) in [5.41, 5.74) is 7.42. The maximum atomic E-state index is 13.2. The average Bonchev–Trinajstić information content (AvgIpc) is 3.24. The molecule has 0 radical (unpaired) electrons. The monoisotopic (exact) mass is 503 g/mol. The molecular weight excluding hydrogens is 482 g/mol. The first-order chi connectivity index (χ1) is 15.0. The Labute approximate surface area is 192 Å². The van der Waals surface area contributed by atoms with Gasteiger partial charge in [-0.2, -0.15) is 0 Å². The second kappa shape index (κ2) is 9.82. The number of carbonyl (C=O) groups excluding carboxylic acids is 2. The Morgan fingerprint density at radius 3 is 2.71 bits per heavy atom. The molecule has 3 N–H and O–H groups in total. The van der Waals surface area contributed by atoms with E-state index in [0.717, 1.165) is 15.9 Å². The van der Waals surface area contributed by atoms with Gasteiger partial charge in [0.1, 0.15) is 11.9 Å². The van der Waals surface area contributed by atoms with Crippen LogP contribution < -0.4 is 25.8 Å². The molecule has 0 saturated carbocycles. The number of amidine groups is 1. The van der Waals surface area contributed by atoms with Gasteiger partial charge in [-0.05, 0) is 55.5 Å². The van der Waals surface area contributed by atoms with E-state index in [2.05, 4.69) is 37.1 Å². The van der Waals surface area contributed by atoms with Crippen LogP contribution in [0.1, 0.15) is 6.92 Å². The highest BCUT2D eigenvalue weighted by atomic mass is 79.9. The van der Waals surface area contributed by atoms with Crippen molar-refractivity contribution in [3.63, 3.8) is 0 Å². The lowest BCUT2D eigenvalue weighted by Crippen LogP contribution is -2.49. The van der Waals surface area contributed by atoms with Crippen molar-refractivity contribution in [2.24, 2.45) is 10.9 Å². The highest BCUT2D eigenvalue weighted by molar-refractivity contribution is 9.10. The number of amides is 2. The molecule has 0 aliphatic carbocycles. The first kappa shape index (κ1) is 21.8. The third-order valence-corrected chi connectivity index (χ3v) is 6.28. The van der Waals surface area contributed by atoms with Gasteiger partial charge in [-0.3, -0.25) is 19.9 Å². The molecule has 0 aromatic heterocycles. The van der Waals surface area contributed by atoms with Crippen molar-refractivity contribution >= 4 is 56.0 Å². The van der Waals surface area contributed by atoms with Gasteiger partial charge in [0, 0.05) is 16.7 Å². The van der Waals surface area contributed by atoms with E-state index in [1.807, 2.05) is 43.3 Å². The zero-order valence-corrected chi connectivity index (χ0v) is 19.2. The fourth-order valence-electron chi connectivity index (χ4n) is 3.33. The third-order valence-electron chi connectivity index (χ3n) is 4.80. The number of benzene rings is 2. The van der Waals surface area contributed by atoms with Crippen LogP contribution in [-0.4, -0.2) is 42.1 Å². The topological polar surface area (TPSA) is 95.1 Å². The Morgan fingerprint density at radius 2 is 2.00 bits per heavy atom. The SMILES string of the molecule is CCOc1ccc(NC(=O)CSC2=NC3NNCC3C(=O)N2c2ccc(Br)cc2)cc1. The molecule has 4 rings (SSSR count). The van der Waals surface area contributed by atoms with Gasteiger partial charge in [-0.25, -0.2) is 10.4 Å². The number of anilines is 2. The van der Waals surface area contributed by atoms with Gasteiger partial charge in [0.25, 0.3) is 0 Å². The molecule has 0 spiro atoms. The van der Waals surface area contributed by atoms with Gasteiger partial charge in [0.15, 0.2) is 5.17 Å². The van der Waals surface area contributed by atoms with Crippen LogP contribution in [0.15, 0.2) is 58.0 Å². The average molecular weight is 504 g/mol. The van der Waals surface area contributed by atoms with E-state index in [1.165, 1.54) is 11.8 Å². The maximum absolute atomic E-state index is 13.2. The lowest BCUT2D eigenvalue weighted by atomic mass is 10.0. The fraction of sp³-hybridized carbons (Fsp3) is 0.286. The van der Waals surface area contributed by atoms with Crippen LogP contribution in [0.4, 0.5) is 11.4 Å². The number of nitrogens with zero attached hydrogens (tertiary/aromatic N) is 2. The minimum absolute atomic E-state index is 0.0470. The zero-order chi connectivity index (χ0) is 21.8. The molecule has 2 heterocycles. The number of aliphatic imine (C=N–C) groups is 1. The number of nitrogens with one attached hydrogen (secondary N) is 3. The highest BCUT2D eigenvalue weighted by Crippen LogP contribution is 2.30. The Bertz CT molecular complexity index is 984. The quantitative estimate of drug-likeness (QED) is 0.560. The summed E-state index contributed by atoms with van der Waals surface area (Å²) in [6.45, 7) is 3.02. The Hall–Kier alpha value is -2.40. The summed E-state index contributed by atoms with van der Waals surface area (Å²) < 4.78 is 6.33. The van der Waals surface area contributed by atoms with Crippen molar-refractivity contribution < 1.29 is 14.3 Å². The van der Waals surface area contributed by atoms with Gasteiger partial charge in [0.05, 0.1) is 24.0 Å². The number of hydrazine groups is 1. The highest BCUT2D eigenvalue weighted by Gasteiger charge is 2.42. The molecular formula is C21H22BrN5O3S. The summed E-state index contributed by atoms with van der Waals surface area (Å²) in [6.07, 6.45) is -0.337. The van der Waals surface area contributed by atoms with Crippen LogP contribution in [0.2, 0.25) is 0 Å². The van der Waals surface area contributed by atoms with Crippen molar-refractivity contribution in [1.82, 2.24) is 10.9 Å². The molecule has 2 aromatic carbocycles. The van der Waals surface area contributed by atoms with E-state index in [1.54, 1.807) is 17.0 Å². The van der Waals surface area contributed by atoms with Crippen molar-refractivity contribution in [1.29, 1.82) is 0 Å². The van der Waals surface area contributed by atoms with Crippen LogP contribution in [0.5, 0.6) is 5.75 Å². The van der Waals surface area contributed by atoms with Crippen molar-refractivity contribution in [3.8, 4) is 5.75 Å². The minimum Gasteiger partial charge on any atom is -0.494 e. The standard InChI is InChI=1S/C21H22BrN5O3S/c1-2-30-16-9-5-14(6-10-16)24-18(28)12-31-21-25-19-17(11-23-26-19)20(29)27(21)15-7-3-13(22)4-8-15/h3-10,17,19,23,26H,2,11-12H2,1H3,(H,24,28). The van der Waals surface area contributed by atoms with Crippen LogP contribution in [0.25, 0.3) is 0 Å². The van der Waals surface area contributed by atoms with Gasteiger partial charge in [-0.15, -0.1) is 0 Å². The van der Waals surface area contributed by atoms with E-state index in [0.29, 0.717) is 24.0 Å². The molecule has 2 aromatic rings. The number of halogens is 1. The van der Waals surface area contributed by atoms with Gasteiger partial charge < -0.3 is 10.1 Å². The number of carbonyl (C=O) groups is 2. The van der Waals surface area contributed by atoms with E-state index >= 15 is 0 Å². The van der Waals surface area contributed by atoms with Crippen molar-refractivity contribution in [2.75, 3.05) is 29.1 Å². The summed E-state index contributed by atoms with van der Waals surface area (Å²) in [4.78, 5) is 31.9. The molecule has 2 aliphatic heterocycles. The molecule has 10 heteroatoms. The third kappa shape index (κ3) is 5.09. The number of ether oxygens (including phenoxy) is 1. The van der Waals surface area contributed by atoms with Crippen LogP contribution in [0.3, 0.4) is 0 Å². The minimum atomic E-state index is -0.337. The molecule has 1 saturated heterocycles. The molecule has 31 heavy (non-hydrogen) atoms. The molecule has 2 aliphatic rings. The van der Waals surface area contributed by atoms with Gasteiger partial charge in [0.2, 0.25) is 11.8 Å². The number of rotatable bonds is 6. The summed E-state index contributed by atoms with van der Waals surface area (Å²) in [7, 11) is 0. The maximum Gasteiger partial charge on any atom is 0.241 e. The predicted octanol–water partition coefficient (Wildman–Crippen LogP) is 2.97. The molecule has 2 amide bonds. The van der Waals surface area contributed by atoms with Crippen LogP contribution >= 0.6 is 27.7 Å². The van der Waals surface area contributed by atoms with E-state index in [4.69, 9.17) is 4.74 Å². The zero-order valence-electron chi connectivity index (χ0n) is 16.8. The predicted molar refractivity (Wildman–Crippen MR) is 126 cm³/mol. The lowest BCUT2D eigenvalue weighted by Gasteiger charge is -2.32. The Kier molecular flexibility index (Phi) is 6.91. The molecule has 2 atom stereocenters. The van der Waals surface area contributed by atoms with E-state index in [-0.39, 0.29) is 29.7 Å². The van der Waals surface area contributed by atoms with Crippen molar-refractivity contribution in [3.05, 3.63) is 53.0 Å². The smallest absolute Gasteiger partial charge is 0.241 e. The Morgan fingerprint density at radius 1 is 1.26 bits per heavy atom. The summed E-state index contributed by atoms with van der Waals surface area (Å²) >= 11 is 4.65. The summed E-state index contributed by atoms with van der Waals surface area (Å²) in [5.74, 6) is 0.360. The fourth-order valence-corrected chi connectivity index (χ4v) is 4.43. The Balaban J connectivity index is 1.46. The summed E-state index contributed by atoms with van der Waals surface area (Å²) in [5, 5.41) is 3.35. The normalized spacial score (nSPS) is 20.3. The number of thioether (sulfide) groups is 1. The summed E-state index contributed by atoms with van der Waals surface area (Å²) in [6, 6.07) is 14.7. The van der Waals surface area contributed by atoms with Crippen molar-refractivity contribution in [2.45, 2.75) is 13.1 Å². The molecule has 162 valence electrons. The van der Waals surface area contributed by atoms with E-state index in [9.17, 15) is 9.59 Å². The second-order valence-electron chi connectivity index (χ2n) is 6.93. The number of hydrogen-bond donors (Lipinski definition) is 3. The molecule has 1 fully saturated rings. The van der Waals surface area contributed by atoms with Gasteiger partial charge >= 0.3 is 0 Å². The van der Waals surface area contributed by atoms with E-state index < -0.39 is 0 Å². The number of hydrogen-bond acceptors (Lipinski definition) is 7. The first-order valence-corrected chi connectivity index (χ1v) is 11.6. The van der Waals surface area contributed by atoms with Crippen LogP contribution in [-0.2, 0) is 9.59 Å². The van der Waals surface area contributed by atoms with Gasteiger partial charge in [-0.1, -0.05) is 27.7 Å². The lowest BCUT2D eigenvalue weighted by molar-refractivity contribution is -0.121. The number of fused-ring (bicyclic) bond motifs is 1. The first-order valence-electron chi connectivity index (χ1n) is 9.86. The molecule has 0 bridgehead atoms. The largest absolute Gasteiger partial charge is 0.494 e. The second-order valence-corrected chi connectivity index (χ2v) is 8.79.